The Morgan fingerprint density at radius 3 is 0.933 bits per heavy atom. The van der Waals surface area contributed by atoms with Crippen LogP contribution in [0.3, 0.4) is 0 Å². The third kappa shape index (κ3) is 7.84. The zero-order valence-corrected chi connectivity index (χ0v) is 12.1. The Kier molecular flexibility index (Phi) is 9.18. The summed E-state index contributed by atoms with van der Waals surface area (Å²) in [6.45, 7) is 0. The van der Waals surface area contributed by atoms with E-state index in [0.29, 0.717) is 0 Å². The van der Waals surface area contributed by atoms with Gasteiger partial charge in [0.15, 0.2) is 0 Å². The zero-order valence-electron chi connectivity index (χ0n) is 8.24. The van der Waals surface area contributed by atoms with Crippen LogP contribution in [0.5, 0.6) is 0 Å². The van der Waals surface area contributed by atoms with E-state index in [-0.39, 0.29) is 20.4 Å². The maximum Gasteiger partial charge on any atom is 0 e. The smallest absolute Gasteiger partial charge is 0 e. The number of rotatable bonds is 0. The molecule has 0 aliphatic carbocycles. The van der Waals surface area contributed by atoms with Gasteiger partial charge >= 0.3 is 0 Å². The summed E-state index contributed by atoms with van der Waals surface area (Å²) in [5.74, 6) is 0. The summed E-state index contributed by atoms with van der Waals surface area (Å²) in [5.41, 5.74) is 0. The third-order valence-corrected chi connectivity index (χ3v) is 2.37. The molecule has 0 spiro atoms. The second-order valence-electron chi connectivity index (χ2n) is 2.82. The normalized spacial score (nSPS) is 8.13. The summed E-state index contributed by atoms with van der Waals surface area (Å²) in [6.07, 6.45) is 0. The minimum absolute atomic E-state index is 0. The molecule has 0 radical (unpaired) electrons. The molecule has 0 fully saturated rings. The average Bonchev–Trinajstić information content (AvgIpc) is 2.21. The summed E-state index contributed by atoms with van der Waals surface area (Å²) in [6, 6.07) is 20.3. The molecule has 0 saturated carbocycles. The first-order valence-corrected chi connectivity index (χ1v) is 5.55. The molecule has 0 aliphatic rings. The molecule has 2 unspecified atom stereocenters. The molecule has 0 nitrogen and oxygen atoms in total. The molecule has 0 saturated heterocycles. The van der Waals surface area contributed by atoms with Gasteiger partial charge in [-0.1, -0.05) is 60.7 Å². The minimum Gasteiger partial charge on any atom is -0.106 e. The molecule has 0 bridgehead atoms. The summed E-state index contributed by atoms with van der Waals surface area (Å²) in [4.78, 5) is 0. The fourth-order valence-corrected chi connectivity index (χ4v) is 1.35. The van der Waals surface area contributed by atoms with Gasteiger partial charge in [-0.2, -0.15) is 0 Å². The van der Waals surface area contributed by atoms with Gasteiger partial charge in [0.1, 0.15) is 0 Å². The predicted octanol–water partition coefficient (Wildman–Crippen LogP) is 2.37. The van der Waals surface area contributed by atoms with Crippen LogP contribution < -0.4 is 10.6 Å². The maximum atomic E-state index is 2.63. The molecular weight excluding hydrogens is 312 g/mol. The monoisotopic (exact) mass is 326 g/mol. The molecule has 0 N–H and O–H groups in total. The van der Waals surface area contributed by atoms with Crippen LogP contribution in [0.25, 0.3) is 0 Å². The average molecular weight is 327 g/mol. The zero-order chi connectivity index (χ0) is 10.2. The van der Waals surface area contributed by atoms with E-state index in [4.69, 9.17) is 0 Å². The molecule has 2 atom stereocenters. The Labute approximate surface area is 110 Å². The molecule has 82 valence electrons. The van der Waals surface area contributed by atoms with Gasteiger partial charge < -0.3 is 0 Å². The molecule has 2 aromatic carbocycles. The molecule has 0 aromatic heterocycles. The van der Waals surface area contributed by atoms with Crippen molar-refractivity contribution in [3.63, 3.8) is 0 Å². The predicted molar refractivity (Wildman–Crippen MR) is 71.6 cm³/mol. The summed E-state index contributed by atoms with van der Waals surface area (Å²) in [5, 5.41) is 2.48. The van der Waals surface area contributed by atoms with Crippen LogP contribution in [0.15, 0.2) is 60.7 Å². The Hall–Kier alpha value is -0.0377. The second kappa shape index (κ2) is 9.21. The van der Waals surface area contributed by atoms with E-state index in [2.05, 4.69) is 18.5 Å². The fraction of sp³-hybridized carbons (Fsp3) is 0. The Bertz CT molecular complexity index is 311. The van der Waals surface area contributed by atoms with Crippen molar-refractivity contribution in [2.24, 2.45) is 0 Å². The van der Waals surface area contributed by atoms with Crippen molar-refractivity contribution in [2.45, 2.75) is 0 Å². The largest absolute Gasteiger partial charge is 0.106 e. The first-order chi connectivity index (χ1) is 6.79. The summed E-state index contributed by atoms with van der Waals surface area (Å²) < 4.78 is 0. The molecule has 0 aliphatic heterocycles. The molecular formula is C12H14P2Pd. The Morgan fingerprint density at radius 1 is 0.533 bits per heavy atom. The molecule has 2 rings (SSSR count). The van der Waals surface area contributed by atoms with Gasteiger partial charge in [0.2, 0.25) is 0 Å². The van der Waals surface area contributed by atoms with Crippen LogP contribution >= 0.6 is 18.5 Å². The van der Waals surface area contributed by atoms with Crippen LogP contribution in [0.1, 0.15) is 0 Å². The van der Waals surface area contributed by atoms with E-state index >= 15 is 0 Å². The molecule has 0 heterocycles. The van der Waals surface area contributed by atoms with Crippen LogP contribution in [0.2, 0.25) is 0 Å². The van der Waals surface area contributed by atoms with E-state index in [1.54, 1.807) is 0 Å². The first kappa shape index (κ1) is 15.0. The Balaban J connectivity index is 0.000000245. The Morgan fingerprint density at radius 2 is 0.800 bits per heavy atom. The van der Waals surface area contributed by atoms with Crippen molar-refractivity contribution in [2.75, 3.05) is 0 Å². The topological polar surface area (TPSA) is 0 Å². The third-order valence-electron chi connectivity index (χ3n) is 1.60. The van der Waals surface area contributed by atoms with E-state index < -0.39 is 0 Å². The van der Waals surface area contributed by atoms with Crippen molar-refractivity contribution in [1.29, 1.82) is 0 Å². The van der Waals surface area contributed by atoms with Gasteiger partial charge in [-0.05, 0) is 10.6 Å². The molecule has 0 amide bonds. The quantitative estimate of drug-likeness (QED) is 0.515. The molecule has 3 heteroatoms. The van der Waals surface area contributed by atoms with Gasteiger partial charge in [0.25, 0.3) is 0 Å². The van der Waals surface area contributed by atoms with Crippen molar-refractivity contribution in [1.82, 2.24) is 0 Å². The van der Waals surface area contributed by atoms with E-state index in [0.717, 1.165) is 0 Å². The van der Waals surface area contributed by atoms with E-state index in [9.17, 15) is 0 Å². The van der Waals surface area contributed by atoms with E-state index in [1.165, 1.54) is 10.6 Å². The van der Waals surface area contributed by atoms with Crippen molar-refractivity contribution in [3.8, 4) is 0 Å². The number of benzene rings is 2. The van der Waals surface area contributed by atoms with Gasteiger partial charge in [0, 0.05) is 20.4 Å². The minimum atomic E-state index is 0. The standard InChI is InChI=1S/2C6H7P.Pd/c2*7-6-4-2-1-3-5-6;/h2*1-5H,7H2;. The SMILES string of the molecule is Pc1ccccc1.Pc1ccccc1.[Pd]. The second-order valence-corrected chi connectivity index (χ2v) is 4.15. The fourth-order valence-electron chi connectivity index (χ4n) is 0.906. The van der Waals surface area contributed by atoms with E-state index in [1.807, 2.05) is 60.7 Å². The van der Waals surface area contributed by atoms with Crippen LogP contribution in [0, 0.1) is 0 Å². The van der Waals surface area contributed by atoms with Crippen LogP contribution in [0.4, 0.5) is 0 Å². The van der Waals surface area contributed by atoms with Crippen LogP contribution in [-0.4, -0.2) is 0 Å². The van der Waals surface area contributed by atoms with Gasteiger partial charge in [-0.15, -0.1) is 18.5 Å². The number of hydrogen-bond donors (Lipinski definition) is 0. The summed E-state index contributed by atoms with van der Waals surface area (Å²) in [7, 11) is 5.26. The molecule has 15 heavy (non-hydrogen) atoms. The van der Waals surface area contributed by atoms with Gasteiger partial charge in [-0.25, -0.2) is 0 Å². The summed E-state index contributed by atoms with van der Waals surface area (Å²) >= 11 is 0. The first-order valence-electron chi connectivity index (χ1n) is 4.40. The van der Waals surface area contributed by atoms with Crippen molar-refractivity contribution in [3.05, 3.63) is 60.7 Å². The van der Waals surface area contributed by atoms with Crippen LogP contribution in [-0.2, 0) is 20.4 Å². The maximum absolute atomic E-state index is 2.63. The number of hydrogen-bond acceptors (Lipinski definition) is 0. The molecule has 2 aromatic rings. The van der Waals surface area contributed by atoms with Gasteiger partial charge in [0.05, 0.1) is 0 Å². The van der Waals surface area contributed by atoms with Crippen molar-refractivity contribution >= 4 is 29.1 Å². The van der Waals surface area contributed by atoms with Gasteiger partial charge in [-0.3, -0.25) is 0 Å². The van der Waals surface area contributed by atoms with Crippen molar-refractivity contribution < 1.29 is 20.4 Å².